The lowest BCUT2D eigenvalue weighted by molar-refractivity contribution is 0.414. The van der Waals surface area contributed by atoms with E-state index in [1.54, 1.807) is 18.4 Å². The van der Waals surface area contributed by atoms with Gasteiger partial charge < -0.3 is 4.74 Å². The number of hydrogen-bond donors (Lipinski definition) is 0. The molecule has 2 heterocycles. The molecule has 3 aromatic rings. The van der Waals surface area contributed by atoms with E-state index in [0.717, 1.165) is 32.8 Å². The summed E-state index contributed by atoms with van der Waals surface area (Å²) in [6, 6.07) is 7.88. The minimum absolute atomic E-state index is 0.274. The van der Waals surface area contributed by atoms with E-state index in [1.807, 2.05) is 36.6 Å². The third kappa shape index (κ3) is 2.17. The number of ether oxygens (including phenoxy) is 1. The van der Waals surface area contributed by atoms with Gasteiger partial charge in [-0.25, -0.2) is 9.97 Å². The molecule has 0 N–H and O–H groups in total. The first kappa shape index (κ1) is 12.4. The Bertz CT molecular complexity index is 754. The summed E-state index contributed by atoms with van der Waals surface area (Å²) in [4.78, 5) is 8.61. The minimum Gasteiger partial charge on any atom is -0.497 e. The summed E-state index contributed by atoms with van der Waals surface area (Å²) < 4.78 is 6.28. The predicted octanol–water partition coefficient (Wildman–Crippen LogP) is 4.33. The number of thiophene rings is 1. The van der Waals surface area contributed by atoms with Gasteiger partial charge in [-0.1, -0.05) is 0 Å². The second kappa shape index (κ2) is 4.79. The Labute approximate surface area is 119 Å². The van der Waals surface area contributed by atoms with Crippen molar-refractivity contribution in [1.82, 2.24) is 9.97 Å². The summed E-state index contributed by atoms with van der Waals surface area (Å²) >= 11 is 7.62. The van der Waals surface area contributed by atoms with Gasteiger partial charge in [0.25, 0.3) is 0 Å². The highest BCUT2D eigenvalue weighted by Crippen LogP contribution is 2.34. The second-order valence-corrected chi connectivity index (χ2v) is 5.41. The summed E-state index contributed by atoms with van der Waals surface area (Å²) in [6.07, 6.45) is 0. The van der Waals surface area contributed by atoms with Crippen LogP contribution in [0.1, 0.15) is 5.56 Å². The van der Waals surface area contributed by atoms with Crippen molar-refractivity contribution in [3.63, 3.8) is 0 Å². The van der Waals surface area contributed by atoms with Crippen molar-refractivity contribution in [2.45, 2.75) is 6.92 Å². The number of rotatable bonds is 2. The average molecular weight is 291 g/mol. The molecule has 0 aliphatic rings. The van der Waals surface area contributed by atoms with Gasteiger partial charge in [0.05, 0.1) is 23.0 Å². The number of nitrogens with zero attached hydrogens (tertiary/aromatic N) is 2. The number of hydrogen-bond acceptors (Lipinski definition) is 4. The Morgan fingerprint density at radius 3 is 2.79 bits per heavy atom. The minimum atomic E-state index is 0.274. The standard InChI is InChI=1S/C14H11ClN2OS/c1-8-7-9(18-2)3-4-10(8)12-13-11(5-6-19-13)16-14(15)17-12/h3-7H,1-2H3. The van der Waals surface area contributed by atoms with Gasteiger partial charge in [-0.05, 0) is 53.7 Å². The van der Waals surface area contributed by atoms with E-state index in [0.29, 0.717) is 0 Å². The van der Waals surface area contributed by atoms with Crippen molar-refractivity contribution in [3.8, 4) is 17.0 Å². The number of aromatic nitrogens is 2. The van der Waals surface area contributed by atoms with Crippen LogP contribution in [0.15, 0.2) is 29.6 Å². The Balaban J connectivity index is 2.26. The molecule has 0 radical (unpaired) electrons. The Kier molecular flexibility index (Phi) is 3.12. The second-order valence-electron chi connectivity index (χ2n) is 4.16. The molecule has 1 aromatic carbocycles. The van der Waals surface area contributed by atoms with E-state index in [1.165, 1.54) is 0 Å². The van der Waals surface area contributed by atoms with Crippen LogP contribution in [0.3, 0.4) is 0 Å². The molecule has 19 heavy (non-hydrogen) atoms. The summed E-state index contributed by atoms with van der Waals surface area (Å²) in [5.41, 5.74) is 3.92. The summed E-state index contributed by atoms with van der Waals surface area (Å²) in [5.74, 6) is 0.837. The third-order valence-corrected chi connectivity index (χ3v) is 4.04. The van der Waals surface area contributed by atoms with Crippen LogP contribution in [0.2, 0.25) is 5.28 Å². The smallest absolute Gasteiger partial charge is 0.223 e. The van der Waals surface area contributed by atoms with Gasteiger partial charge in [0.1, 0.15) is 5.75 Å². The van der Waals surface area contributed by atoms with Crippen molar-refractivity contribution in [3.05, 3.63) is 40.5 Å². The van der Waals surface area contributed by atoms with Crippen LogP contribution >= 0.6 is 22.9 Å². The maximum Gasteiger partial charge on any atom is 0.223 e. The zero-order valence-corrected chi connectivity index (χ0v) is 12.0. The van der Waals surface area contributed by atoms with Gasteiger partial charge >= 0.3 is 0 Å². The van der Waals surface area contributed by atoms with Crippen LogP contribution in [0.25, 0.3) is 21.5 Å². The van der Waals surface area contributed by atoms with Gasteiger partial charge in [-0.15, -0.1) is 11.3 Å². The normalized spacial score (nSPS) is 10.9. The molecule has 0 spiro atoms. The molecule has 0 saturated heterocycles. The van der Waals surface area contributed by atoms with Crippen LogP contribution in [0.5, 0.6) is 5.75 Å². The Morgan fingerprint density at radius 2 is 2.05 bits per heavy atom. The molecule has 0 aliphatic heterocycles. The SMILES string of the molecule is COc1ccc(-c2nc(Cl)nc3ccsc23)c(C)c1. The lowest BCUT2D eigenvalue weighted by atomic mass is 10.0. The first-order valence-corrected chi connectivity index (χ1v) is 7.00. The number of methoxy groups -OCH3 is 1. The van der Waals surface area contributed by atoms with E-state index in [-0.39, 0.29) is 5.28 Å². The first-order valence-electron chi connectivity index (χ1n) is 5.75. The van der Waals surface area contributed by atoms with Crippen molar-refractivity contribution in [1.29, 1.82) is 0 Å². The van der Waals surface area contributed by atoms with Crippen LogP contribution in [0, 0.1) is 6.92 Å². The maximum absolute atomic E-state index is 6.00. The Hall–Kier alpha value is -1.65. The molecular weight excluding hydrogens is 280 g/mol. The zero-order valence-electron chi connectivity index (χ0n) is 10.5. The monoisotopic (exact) mass is 290 g/mol. The molecule has 0 bridgehead atoms. The maximum atomic E-state index is 6.00. The van der Waals surface area contributed by atoms with Gasteiger partial charge in [-0.3, -0.25) is 0 Å². The summed E-state index contributed by atoms with van der Waals surface area (Å²) in [5, 5.41) is 2.27. The lowest BCUT2D eigenvalue weighted by Crippen LogP contribution is -1.92. The molecule has 0 atom stereocenters. The highest BCUT2D eigenvalue weighted by Gasteiger charge is 2.12. The fourth-order valence-electron chi connectivity index (χ4n) is 2.05. The van der Waals surface area contributed by atoms with Gasteiger partial charge in [0.2, 0.25) is 5.28 Å². The van der Waals surface area contributed by atoms with E-state index < -0.39 is 0 Å². The quantitative estimate of drug-likeness (QED) is 0.659. The number of aryl methyl sites for hydroxylation is 1. The molecule has 5 heteroatoms. The fourth-order valence-corrected chi connectivity index (χ4v) is 3.06. The van der Waals surface area contributed by atoms with E-state index >= 15 is 0 Å². The molecule has 0 unspecified atom stereocenters. The summed E-state index contributed by atoms with van der Waals surface area (Å²) in [6.45, 7) is 2.04. The number of fused-ring (bicyclic) bond motifs is 1. The van der Waals surface area contributed by atoms with Crippen LogP contribution in [-0.2, 0) is 0 Å². The van der Waals surface area contributed by atoms with Crippen molar-refractivity contribution < 1.29 is 4.74 Å². The summed E-state index contributed by atoms with van der Waals surface area (Å²) in [7, 11) is 1.66. The molecule has 0 amide bonds. The fraction of sp³-hybridized carbons (Fsp3) is 0.143. The molecule has 3 rings (SSSR count). The van der Waals surface area contributed by atoms with Gasteiger partial charge in [0, 0.05) is 5.56 Å². The zero-order chi connectivity index (χ0) is 13.4. The van der Waals surface area contributed by atoms with Crippen LogP contribution in [0.4, 0.5) is 0 Å². The van der Waals surface area contributed by atoms with Crippen molar-refractivity contribution in [2.75, 3.05) is 7.11 Å². The van der Waals surface area contributed by atoms with E-state index in [9.17, 15) is 0 Å². The lowest BCUT2D eigenvalue weighted by Gasteiger charge is -2.08. The van der Waals surface area contributed by atoms with Crippen LogP contribution in [-0.4, -0.2) is 17.1 Å². The number of benzene rings is 1. The largest absolute Gasteiger partial charge is 0.497 e. The third-order valence-electron chi connectivity index (χ3n) is 2.96. The molecule has 0 fully saturated rings. The highest BCUT2D eigenvalue weighted by atomic mass is 35.5. The van der Waals surface area contributed by atoms with Crippen molar-refractivity contribution >= 4 is 33.2 Å². The molecular formula is C14H11ClN2OS. The van der Waals surface area contributed by atoms with Crippen LogP contribution < -0.4 is 4.74 Å². The molecule has 96 valence electrons. The average Bonchev–Trinajstić information content (AvgIpc) is 2.85. The van der Waals surface area contributed by atoms with Gasteiger partial charge in [0.15, 0.2) is 0 Å². The first-order chi connectivity index (χ1) is 9.19. The van der Waals surface area contributed by atoms with Crippen molar-refractivity contribution in [2.24, 2.45) is 0 Å². The molecule has 2 aromatic heterocycles. The van der Waals surface area contributed by atoms with E-state index in [4.69, 9.17) is 16.3 Å². The highest BCUT2D eigenvalue weighted by molar-refractivity contribution is 7.17. The predicted molar refractivity (Wildman–Crippen MR) is 79.2 cm³/mol. The molecule has 0 saturated carbocycles. The van der Waals surface area contributed by atoms with E-state index in [2.05, 4.69) is 9.97 Å². The molecule has 0 aliphatic carbocycles. The Morgan fingerprint density at radius 1 is 1.21 bits per heavy atom. The molecule has 3 nitrogen and oxygen atoms in total. The van der Waals surface area contributed by atoms with Gasteiger partial charge in [-0.2, -0.15) is 0 Å². The number of halogens is 1. The topological polar surface area (TPSA) is 35.0 Å².